The number of hydrogen-bond acceptors (Lipinski definition) is 3. The molecule has 1 aliphatic rings. The van der Waals surface area contributed by atoms with Crippen molar-refractivity contribution in [1.29, 1.82) is 0 Å². The molecule has 20 heavy (non-hydrogen) atoms. The monoisotopic (exact) mass is 304 g/mol. The zero-order chi connectivity index (χ0) is 14.6. The van der Waals surface area contributed by atoms with Gasteiger partial charge < -0.3 is 10.6 Å². The number of nitrogens with one attached hydrogen (secondary N) is 2. The van der Waals surface area contributed by atoms with Crippen molar-refractivity contribution in [3.63, 3.8) is 0 Å². The second kappa shape index (κ2) is 6.49. The van der Waals surface area contributed by atoms with Gasteiger partial charge in [0, 0.05) is 11.3 Å². The average molecular weight is 304 g/mol. The highest BCUT2D eigenvalue weighted by atomic mass is 32.2. The number of amides is 1. The molecule has 2 N–H and O–H groups in total. The number of alkyl halides is 3. The molecule has 1 amide bonds. The zero-order valence-electron chi connectivity index (χ0n) is 10.7. The largest absolute Gasteiger partial charge is 0.446 e. The first-order chi connectivity index (χ1) is 9.44. The molecule has 1 unspecified atom stereocenters. The van der Waals surface area contributed by atoms with E-state index in [0.717, 1.165) is 19.5 Å². The molecule has 0 aromatic heterocycles. The summed E-state index contributed by atoms with van der Waals surface area (Å²) in [4.78, 5) is 11.9. The van der Waals surface area contributed by atoms with Crippen LogP contribution in [0.1, 0.15) is 12.8 Å². The van der Waals surface area contributed by atoms with E-state index in [2.05, 4.69) is 10.6 Å². The number of benzene rings is 1. The van der Waals surface area contributed by atoms with Gasteiger partial charge in [-0.3, -0.25) is 4.79 Å². The number of thioether (sulfide) groups is 1. The molecule has 1 fully saturated rings. The van der Waals surface area contributed by atoms with Gasteiger partial charge in [0.05, 0.1) is 5.69 Å². The molecule has 0 bridgehead atoms. The van der Waals surface area contributed by atoms with Gasteiger partial charge in [-0.1, -0.05) is 12.1 Å². The van der Waals surface area contributed by atoms with Gasteiger partial charge in [0.25, 0.3) is 0 Å². The Bertz CT molecular complexity index is 473. The number of rotatable bonds is 4. The third-order valence-corrected chi connectivity index (χ3v) is 3.83. The Kier molecular flexibility index (Phi) is 4.93. The number of anilines is 1. The number of para-hydroxylation sites is 1. The van der Waals surface area contributed by atoms with Crippen LogP contribution < -0.4 is 10.6 Å². The third kappa shape index (κ3) is 4.72. The van der Waals surface area contributed by atoms with Crippen molar-refractivity contribution in [2.75, 3.05) is 18.4 Å². The van der Waals surface area contributed by atoms with Crippen LogP contribution in [0.15, 0.2) is 29.2 Å². The third-order valence-electron chi connectivity index (χ3n) is 3.02. The maximum atomic E-state index is 12.4. The van der Waals surface area contributed by atoms with Gasteiger partial charge in [0.2, 0.25) is 5.91 Å². The first kappa shape index (κ1) is 15.2. The van der Waals surface area contributed by atoms with E-state index in [9.17, 15) is 18.0 Å². The summed E-state index contributed by atoms with van der Waals surface area (Å²) in [5.74, 6) is 0.0198. The molecule has 7 heteroatoms. The molecule has 1 saturated heterocycles. The van der Waals surface area contributed by atoms with Crippen molar-refractivity contribution < 1.29 is 18.0 Å². The maximum absolute atomic E-state index is 12.4. The van der Waals surface area contributed by atoms with Crippen LogP contribution in [0, 0.1) is 5.92 Å². The first-order valence-electron chi connectivity index (χ1n) is 6.29. The molecule has 0 spiro atoms. The minimum Gasteiger partial charge on any atom is -0.325 e. The summed E-state index contributed by atoms with van der Waals surface area (Å²) in [6.45, 7) is 1.67. The molecule has 2 rings (SSSR count). The van der Waals surface area contributed by atoms with Crippen LogP contribution in [0.5, 0.6) is 0 Å². The van der Waals surface area contributed by atoms with Crippen LogP contribution in [0.25, 0.3) is 0 Å². The first-order valence-corrected chi connectivity index (χ1v) is 7.11. The van der Waals surface area contributed by atoms with E-state index in [-0.39, 0.29) is 34.2 Å². The van der Waals surface area contributed by atoms with Crippen LogP contribution >= 0.6 is 11.8 Å². The van der Waals surface area contributed by atoms with E-state index < -0.39 is 5.51 Å². The average Bonchev–Trinajstić information content (AvgIpc) is 2.82. The summed E-state index contributed by atoms with van der Waals surface area (Å²) in [6.07, 6.45) is 1.25. The van der Waals surface area contributed by atoms with Gasteiger partial charge >= 0.3 is 5.51 Å². The lowest BCUT2D eigenvalue weighted by Gasteiger charge is -2.13. The predicted molar refractivity (Wildman–Crippen MR) is 72.6 cm³/mol. The summed E-state index contributed by atoms with van der Waals surface area (Å²) >= 11 is -0.215. The van der Waals surface area contributed by atoms with E-state index in [4.69, 9.17) is 0 Å². The fraction of sp³-hybridized carbons (Fsp3) is 0.462. The lowest BCUT2D eigenvalue weighted by molar-refractivity contribution is -0.117. The standard InChI is InChI=1S/C13H15F3N2OS/c14-13(15,16)20-11-4-2-1-3-10(11)18-12(19)7-9-5-6-17-8-9/h1-4,9,17H,5-8H2,(H,18,19). The lowest BCUT2D eigenvalue weighted by Crippen LogP contribution is -2.18. The second-order valence-corrected chi connectivity index (χ2v) is 5.76. The van der Waals surface area contributed by atoms with Gasteiger partial charge in [-0.2, -0.15) is 13.2 Å². The summed E-state index contributed by atoms with van der Waals surface area (Å²) in [6, 6.07) is 5.96. The Balaban J connectivity index is 1.99. The van der Waals surface area contributed by atoms with Crippen molar-refractivity contribution in [1.82, 2.24) is 5.32 Å². The Morgan fingerprint density at radius 1 is 1.40 bits per heavy atom. The number of hydrogen-bond donors (Lipinski definition) is 2. The minimum absolute atomic E-state index is 0.0119. The fourth-order valence-corrected chi connectivity index (χ4v) is 2.76. The van der Waals surface area contributed by atoms with Gasteiger partial charge in [-0.15, -0.1) is 0 Å². The SMILES string of the molecule is O=C(CC1CCNC1)Nc1ccccc1SC(F)(F)F. The van der Waals surface area contributed by atoms with Crippen LogP contribution in [0.3, 0.4) is 0 Å². The number of carbonyl (C=O) groups excluding carboxylic acids is 1. The minimum atomic E-state index is -4.36. The normalized spacial score (nSPS) is 19.1. The molecule has 0 radical (unpaired) electrons. The summed E-state index contributed by atoms with van der Waals surface area (Å²) in [7, 11) is 0. The summed E-state index contributed by atoms with van der Waals surface area (Å²) in [5.41, 5.74) is -4.15. The fourth-order valence-electron chi connectivity index (χ4n) is 2.14. The van der Waals surface area contributed by atoms with Crippen molar-refractivity contribution in [2.24, 2.45) is 5.92 Å². The van der Waals surface area contributed by atoms with E-state index in [1.807, 2.05) is 0 Å². The van der Waals surface area contributed by atoms with E-state index in [1.54, 1.807) is 6.07 Å². The van der Waals surface area contributed by atoms with Gasteiger partial charge in [-0.05, 0) is 49.3 Å². The molecular weight excluding hydrogens is 289 g/mol. The number of halogens is 3. The Hall–Kier alpha value is -1.21. The van der Waals surface area contributed by atoms with Gasteiger partial charge in [-0.25, -0.2) is 0 Å². The molecule has 110 valence electrons. The highest BCUT2D eigenvalue weighted by Gasteiger charge is 2.30. The molecule has 0 saturated carbocycles. The summed E-state index contributed by atoms with van der Waals surface area (Å²) in [5, 5.41) is 5.72. The molecule has 1 atom stereocenters. The topological polar surface area (TPSA) is 41.1 Å². The molecule has 1 aromatic rings. The summed E-state index contributed by atoms with van der Waals surface area (Å²) < 4.78 is 37.3. The van der Waals surface area contributed by atoms with E-state index in [0.29, 0.717) is 6.42 Å². The molecular formula is C13H15F3N2OS. The molecule has 1 aromatic carbocycles. The van der Waals surface area contributed by atoms with Crippen LogP contribution in [0.4, 0.5) is 18.9 Å². The molecule has 3 nitrogen and oxygen atoms in total. The lowest BCUT2D eigenvalue weighted by atomic mass is 10.0. The van der Waals surface area contributed by atoms with Crippen molar-refractivity contribution >= 4 is 23.4 Å². The molecule has 1 aliphatic heterocycles. The highest BCUT2D eigenvalue weighted by molar-refractivity contribution is 8.00. The van der Waals surface area contributed by atoms with Gasteiger partial charge in [0.15, 0.2) is 0 Å². The molecule has 1 heterocycles. The highest BCUT2D eigenvalue weighted by Crippen LogP contribution is 2.40. The van der Waals surface area contributed by atoms with Crippen LogP contribution in [0.2, 0.25) is 0 Å². The second-order valence-electron chi connectivity index (χ2n) is 4.66. The van der Waals surface area contributed by atoms with Gasteiger partial charge in [0.1, 0.15) is 0 Å². The van der Waals surface area contributed by atoms with Crippen LogP contribution in [-0.2, 0) is 4.79 Å². The predicted octanol–water partition coefficient (Wildman–Crippen LogP) is 3.24. The van der Waals surface area contributed by atoms with Crippen molar-refractivity contribution in [3.8, 4) is 0 Å². The quantitative estimate of drug-likeness (QED) is 0.839. The van der Waals surface area contributed by atoms with E-state index >= 15 is 0 Å². The number of carbonyl (C=O) groups is 1. The van der Waals surface area contributed by atoms with Crippen LogP contribution in [-0.4, -0.2) is 24.5 Å². The Morgan fingerprint density at radius 3 is 2.80 bits per heavy atom. The Labute approximate surface area is 119 Å². The zero-order valence-corrected chi connectivity index (χ0v) is 11.5. The Morgan fingerprint density at radius 2 is 2.15 bits per heavy atom. The maximum Gasteiger partial charge on any atom is 0.446 e. The van der Waals surface area contributed by atoms with Crippen molar-refractivity contribution in [3.05, 3.63) is 24.3 Å². The smallest absolute Gasteiger partial charge is 0.325 e. The van der Waals surface area contributed by atoms with E-state index in [1.165, 1.54) is 18.2 Å². The molecule has 0 aliphatic carbocycles. The van der Waals surface area contributed by atoms with Crippen molar-refractivity contribution in [2.45, 2.75) is 23.2 Å².